The molecule has 0 atom stereocenters. The van der Waals surface area contributed by atoms with Crippen molar-refractivity contribution in [2.75, 3.05) is 0 Å². The van der Waals surface area contributed by atoms with Crippen LogP contribution in [0.4, 0.5) is 0 Å². The molecule has 0 radical (unpaired) electrons. The predicted molar refractivity (Wildman–Crippen MR) is 49.6 cm³/mol. The lowest BCUT2D eigenvalue weighted by Gasteiger charge is -1.98. The molecule has 70 valence electrons. The number of rotatable bonds is 2. The van der Waals surface area contributed by atoms with Crippen molar-refractivity contribution < 1.29 is 17.8 Å². The molecule has 1 aromatic rings. The van der Waals surface area contributed by atoms with Gasteiger partial charge >= 0.3 is 0 Å². The van der Waals surface area contributed by atoms with Gasteiger partial charge in [0.25, 0.3) is 10.1 Å². The van der Waals surface area contributed by atoms with Gasteiger partial charge < -0.3 is 0 Å². The molecule has 0 saturated carbocycles. The summed E-state index contributed by atoms with van der Waals surface area (Å²) in [5.74, 6) is 0. The summed E-state index contributed by atoms with van der Waals surface area (Å²) < 4.78 is 29.9. The predicted octanol–water partition coefficient (Wildman–Crippen LogP) is 1.00. The van der Waals surface area contributed by atoms with E-state index in [1.54, 1.807) is 0 Å². The molecule has 1 aromatic carbocycles. The van der Waals surface area contributed by atoms with E-state index in [2.05, 4.69) is 12.6 Å². The zero-order valence-electron chi connectivity index (χ0n) is 6.34. The smallest absolute Gasteiger partial charge is 0.282 e. The second-order valence-corrected chi connectivity index (χ2v) is 4.14. The van der Waals surface area contributed by atoms with E-state index >= 15 is 0 Å². The zero-order chi connectivity index (χ0) is 10.1. The van der Waals surface area contributed by atoms with E-state index in [1.165, 1.54) is 18.2 Å². The standard InChI is InChI=1S/C7H6O4S2/c8-7(12)5-2-1-3-6(4-5)13(9,10)11/h1-4H,(H,8,12)(H,9,10,11). The summed E-state index contributed by atoms with van der Waals surface area (Å²) in [5, 5.41) is -0.550. The van der Waals surface area contributed by atoms with Crippen molar-refractivity contribution in [1.29, 1.82) is 0 Å². The second-order valence-electron chi connectivity index (χ2n) is 2.31. The molecule has 0 aliphatic carbocycles. The van der Waals surface area contributed by atoms with Gasteiger partial charge in [0.15, 0.2) is 0 Å². The van der Waals surface area contributed by atoms with Gasteiger partial charge in [-0.3, -0.25) is 9.35 Å². The van der Waals surface area contributed by atoms with Crippen LogP contribution in [-0.2, 0) is 10.1 Å². The quantitative estimate of drug-likeness (QED) is 0.574. The van der Waals surface area contributed by atoms with Gasteiger partial charge in [0.1, 0.15) is 0 Å². The first-order chi connectivity index (χ1) is 5.91. The van der Waals surface area contributed by atoms with Crippen LogP contribution in [0.2, 0.25) is 0 Å². The highest BCUT2D eigenvalue weighted by atomic mass is 32.2. The lowest BCUT2D eigenvalue weighted by atomic mass is 10.2. The Kier molecular flexibility index (Phi) is 2.74. The van der Waals surface area contributed by atoms with E-state index in [0.29, 0.717) is 0 Å². The van der Waals surface area contributed by atoms with E-state index in [9.17, 15) is 13.2 Å². The summed E-state index contributed by atoms with van der Waals surface area (Å²) >= 11 is 3.52. The van der Waals surface area contributed by atoms with Gasteiger partial charge in [0, 0.05) is 5.56 Å². The first kappa shape index (κ1) is 10.2. The summed E-state index contributed by atoms with van der Waals surface area (Å²) in [6.07, 6.45) is 0. The van der Waals surface area contributed by atoms with Crippen LogP contribution in [0.15, 0.2) is 29.2 Å². The SMILES string of the molecule is O=C(S)c1cccc(S(=O)(=O)O)c1. The van der Waals surface area contributed by atoms with Gasteiger partial charge in [0.2, 0.25) is 5.12 Å². The van der Waals surface area contributed by atoms with E-state index in [0.717, 1.165) is 6.07 Å². The largest absolute Gasteiger partial charge is 0.294 e. The number of thiol groups is 1. The molecule has 0 spiro atoms. The monoisotopic (exact) mass is 218 g/mol. The van der Waals surface area contributed by atoms with Crippen LogP contribution in [0.5, 0.6) is 0 Å². The first-order valence-electron chi connectivity index (χ1n) is 3.22. The number of benzene rings is 1. The van der Waals surface area contributed by atoms with Crippen molar-refractivity contribution in [3.8, 4) is 0 Å². The second kappa shape index (κ2) is 3.49. The third kappa shape index (κ3) is 2.55. The van der Waals surface area contributed by atoms with Crippen LogP contribution in [0.1, 0.15) is 10.4 Å². The van der Waals surface area contributed by atoms with Crippen molar-refractivity contribution >= 4 is 27.9 Å². The third-order valence-electron chi connectivity index (χ3n) is 1.38. The third-order valence-corrected chi connectivity index (χ3v) is 2.49. The Balaban J connectivity index is 3.29. The van der Waals surface area contributed by atoms with Crippen LogP contribution >= 0.6 is 12.6 Å². The summed E-state index contributed by atoms with van der Waals surface area (Å²) in [6.45, 7) is 0. The lowest BCUT2D eigenvalue weighted by Crippen LogP contribution is -1.99. The Morgan fingerprint density at radius 3 is 2.46 bits per heavy atom. The molecule has 0 aromatic heterocycles. The number of hydrogen-bond donors (Lipinski definition) is 2. The topological polar surface area (TPSA) is 71.4 Å². The highest BCUT2D eigenvalue weighted by molar-refractivity contribution is 7.97. The van der Waals surface area contributed by atoms with Gasteiger partial charge in [0.05, 0.1) is 4.90 Å². The molecule has 13 heavy (non-hydrogen) atoms. The van der Waals surface area contributed by atoms with Crippen molar-refractivity contribution in [1.82, 2.24) is 0 Å². The Morgan fingerprint density at radius 1 is 1.38 bits per heavy atom. The fourth-order valence-electron chi connectivity index (χ4n) is 0.790. The Morgan fingerprint density at radius 2 is 2.00 bits per heavy atom. The zero-order valence-corrected chi connectivity index (χ0v) is 8.05. The molecule has 0 fully saturated rings. The lowest BCUT2D eigenvalue weighted by molar-refractivity contribution is 0.109. The van der Waals surface area contributed by atoms with Crippen LogP contribution in [0, 0.1) is 0 Å². The molecule has 0 saturated heterocycles. The highest BCUT2D eigenvalue weighted by Crippen LogP contribution is 2.12. The molecule has 0 aliphatic rings. The minimum absolute atomic E-state index is 0.124. The molecule has 6 heteroatoms. The fraction of sp³-hybridized carbons (Fsp3) is 0. The number of carbonyl (C=O) groups excluding carboxylic acids is 1. The summed E-state index contributed by atoms with van der Waals surface area (Å²) in [6, 6.07) is 5.01. The fourth-order valence-corrected chi connectivity index (χ4v) is 1.46. The average molecular weight is 218 g/mol. The number of carbonyl (C=O) groups is 1. The molecule has 0 amide bonds. The number of hydrogen-bond acceptors (Lipinski definition) is 3. The van der Waals surface area contributed by atoms with Crippen LogP contribution in [0.3, 0.4) is 0 Å². The molecule has 1 rings (SSSR count). The maximum absolute atomic E-state index is 10.7. The minimum atomic E-state index is -4.25. The first-order valence-corrected chi connectivity index (χ1v) is 5.11. The summed E-state index contributed by atoms with van der Waals surface area (Å²) in [7, 11) is -4.25. The average Bonchev–Trinajstić information content (AvgIpc) is 2.03. The van der Waals surface area contributed by atoms with Gasteiger partial charge in [-0.25, -0.2) is 0 Å². The van der Waals surface area contributed by atoms with E-state index < -0.39 is 15.2 Å². The van der Waals surface area contributed by atoms with E-state index in [-0.39, 0.29) is 10.5 Å². The van der Waals surface area contributed by atoms with E-state index in [1.807, 2.05) is 0 Å². The van der Waals surface area contributed by atoms with Crippen molar-refractivity contribution in [3.05, 3.63) is 29.8 Å². The molecule has 0 unspecified atom stereocenters. The Labute approximate surface area is 80.7 Å². The van der Waals surface area contributed by atoms with Crippen molar-refractivity contribution in [2.24, 2.45) is 0 Å². The van der Waals surface area contributed by atoms with Crippen LogP contribution in [0.25, 0.3) is 0 Å². The molecule has 4 nitrogen and oxygen atoms in total. The Bertz CT molecular complexity index is 436. The van der Waals surface area contributed by atoms with E-state index in [4.69, 9.17) is 4.55 Å². The maximum atomic E-state index is 10.7. The van der Waals surface area contributed by atoms with Gasteiger partial charge in [-0.05, 0) is 12.1 Å². The van der Waals surface area contributed by atoms with Crippen molar-refractivity contribution in [3.63, 3.8) is 0 Å². The normalized spacial score (nSPS) is 11.2. The molecule has 0 bridgehead atoms. The molecular weight excluding hydrogens is 212 g/mol. The van der Waals surface area contributed by atoms with Gasteiger partial charge in [-0.1, -0.05) is 12.1 Å². The molecule has 1 N–H and O–H groups in total. The minimum Gasteiger partial charge on any atom is -0.282 e. The Hall–Kier alpha value is -0.850. The molecule has 0 heterocycles. The molecular formula is C7H6O4S2. The summed E-state index contributed by atoms with van der Waals surface area (Å²) in [5.41, 5.74) is 0.124. The van der Waals surface area contributed by atoms with Gasteiger partial charge in [-0.15, -0.1) is 12.6 Å². The van der Waals surface area contributed by atoms with Gasteiger partial charge in [-0.2, -0.15) is 8.42 Å². The molecule has 0 aliphatic heterocycles. The van der Waals surface area contributed by atoms with Crippen LogP contribution in [-0.4, -0.2) is 18.1 Å². The van der Waals surface area contributed by atoms with Crippen LogP contribution < -0.4 is 0 Å². The summed E-state index contributed by atoms with van der Waals surface area (Å²) in [4.78, 5) is 10.4. The maximum Gasteiger partial charge on any atom is 0.294 e. The highest BCUT2D eigenvalue weighted by Gasteiger charge is 2.10. The van der Waals surface area contributed by atoms with Crippen molar-refractivity contribution in [2.45, 2.75) is 4.90 Å².